The highest BCUT2D eigenvalue weighted by molar-refractivity contribution is 8.18. The summed E-state index contributed by atoms with van der Waals surface area (Å²) in [5, 5.41) is 10.1. The fourth-order valence-corrected chi connectivity index (χ4v) is 4.60. The molecule has 1 N–H and O–H groups in total. The molecule has 1 amide bonds. The molecule has 7 nitrogen and oxygen atoms in total. The zero-order valence-corrected chi connectivity index (χ0v) is 20.5. The molecule has 1 heterocycles. The minimum Gasteiger partial charge on any atom is -0.493 e. The number of hydrogen-bond acceptors (Lipinski definition) is 6. The van der Waals surface area contributed by atoms with Crippen LogP contribution in [0.1, 0.15) is 21.5 Å². The number of carbonyl (C=O) groups is 2. The third-order valence-corrected chi connectivity index (χ3v) is 6.53. The molecule has 0 bridgehead atoms. The van der Waals surface area contributed by atoms with Crippen LogP contribution in [0, 0.1) is 0 Å². The first-order valence-corrected chi connectivity index (χ1v) is 11.7. The first-order chi connectivity index (χ1) is 16.9. The van der Waals surface area contributed by atoms with Gasteiger partial charge in [-0.2, -0.15) is 0 Å². The van der Waals surface area contributed by atoms with Gasteiger partial charge in [-0.05, 0) is 59.3 Å². The van der Waals surface area contributed by atoms with Crippen LogP contribution in [-0.4, -0.2) is 41.3 Å². The van der Waals surface area contributed by atoms with Crippen molar-refractivity contribution in [1.82, 2.24) is 4.90 Å². The Morgan fingerprint density at radius 2 is 1.71 bits per heavy atom. The van der Waals surface area contributed by atoms with Gasteiger partial charge in [0.05, 0.1) is 41.9 Å². The summed E-state index contributed by atoms with van der Waals surface area (Å²) in [6.45, 7) is 0.231. The van der Waals surface area contributed by atoms with Gasteiger partial charge in [-0.15, -0.1) is 0 Å². The number of aromatic carboxylic acids is 1. The summed E-state index contributed by atoms with van der Waals surface area (Å²) in [7, 11) is 3.05. The summed E-state index contributed by atoms with van der Waals surface area (Å²) in [5.41, 5.74) is 2.26. The second-order valence-electron chi connectivity index (χ2n) is 7.46. The Morgan fingerprint density at radius 3 is 2.34 bits per heavy atom. The molecular formula is C26H21ClN2O5S. The molecule has 178 valence electrons. The third kappa shape index (κ3) is 5.50. The van der Waals surface area contributed by atoms with Crippen molar-refractivity contribution >= 4 is 52.2 Å². The largest absolute Gasteiger partial charge is 0.493 e. The second-order valence-corrected chi connectivity index (χ2v) is 8.88. The van der Waals surface area contributed by atoms with Crippen molar-refractivity contribution in [3.05, 3.63) is 93.3 Å². The summed E-state index contributed by atoms with van der Waals surface area (Å²) in [6, 6.07) is 19.1. The van der Waals surface area contributed by atoms with Gasteiger partial charge in [0.2, 0.25) is 0 Å². The van der Waals surface area contributed by atoms with Crippen molar-refractivity contribution in [2.24, 2.45) is 4.99 Å². The standard InChI is InChI=1S/C26H21ClN2O5S/c1-33-21-12-18(20(27)14-22(21)34-2)13-23-24(30)29(15-16-8-10-17(11-9-16)25(31)32)26(35-23)28-19-6-4-3-5-7-19/h3-14H,15H2,1-2H3,(H,31,32)/b23-13+,28-26?. The van der Waals surface area contributed by atoms with Gasteiger partial charge in [0.1, 0.15) is 0 Å². The molecule has 0 atom stereocenters. The minimum atomic E-state index is -1.01. The maximum atomic E-state index is 13.4. The first-order valence-electron chi connectivity index (χ1n) is 10.5. The highest BCUT2D eigenvalue weighted by atomic mass is 35.5. The van der Waals surface area contributed by atoms with Gasteiger partial charge in [0, 0.05) is 6.07 Å². The summed E-state index contributed by atoms with van der Waals surface area (Å²) in [6.07, 6.45) is 1.70. The van der Waals surface area contributed by atoms with Crippen LogP contribution >= 0.6 is 23.4 Å². The molecule has 0 aliphatic carbocycles. The molecule has 0 unspecified atom stereocenters. The fraction of sp³-hybridized carbons (Fsp3) is 0.115. The van der Waals surface area contributed by atoms with E-state index in [9.17, 15) is 9.59 Å². The van der Waals surface area contributed by atoms with Crippen LogP contribution in [-0.2, 0) is 11.3 Å². The van der Waals surface area contributed by atoms with Crippen molar-refractivity contribution in [2.45, 2.75) is 6.54 Å². The Hall–Kier alpha value is -3.75. The predicted molar refractivity (Wildman–Crippen MR) is 138 cm³/mol. The number of carboxylic acid groups (broad SMARTS) is 1. The molecule has 1 aliphatic heterocycles. The lowest BCUT2D eigenvalue weighted by atomic mass is 10.1. The van der Waals surface area contributed by atoms with E-state index in [4.69, 9.17) is 26.2 Å². The number of para-hydroxylation sites is 1. The molecule has 3 aromatic rings. The molecule has 1 aliphatic rings. The number of hydrogen-bond donors (Lipinski definition) is 1. The smallest absolute Gasteiger partial charge is 0.335 e. The van der Waals surface area contributed by atoms with Gasteiger partial charge in [-0.25, -0.2) is 9.79 Å². The van der Waals surface area contributed by atoms with E-state index in [-0.39, 0.29) is 18.0 Å². The van der Waals surface area contributed by atoms with Crippen molar-refractivity contribution in [2.75, 3.05) is 14.2 Å². The maximum absolute atomic E-state index is 13.4. The van der Waals surface area contributed by atoms with Crippen LogP contribution < -0.4 is 9.47 Å². The quantitative estimate of drug-likeness (QED) is 0.402. The third-order valence-electron chi connectivity index (χ3n) is 5.20. The van der Waals surface area contributed by atoms with Crippen molar-refractivity contribution in [3.8, 4) is 11.5 Å². The predicted octanol–water partition coefficient (Wildman–Crippen LogP) is 5.86. The van der Waals surface area contributed by atoms with Crippen LogP contribution in [0.5, 0.6) is 11.5 Å². The SMILES string of the molecule is COc1cc(Cl)c(/C=C2/SC(=Nc3ccccc3)N(Cc3ccc(C(=O)O)cc3)C2=O)cc1OC. The van der Waals surface area contributed by atoms with Crippen LogP contribution in [0.3, 0.4) is 0 Å². The minimum absolute atomic E-state index is 0.178. The number of carboxylic acids is 1. The molecule has 9 heteroatoms. The number of amides is 1. The highest BCUT2D eigenvalue weighted by Gasteiger charge is 2.34. The lowest BCUT2D eigenvalue weighted by Crippen LogP contribution is -2.28. The number of amidine groups is 1. The van der Waals surface area contributed by atoms with Crippen LogP contribution in [0.4, 0.5) is 5.69 Å². The van der Waals surface area contributed by atoms with Gasteiger partial charge in [-0.3, -0.25) is 9.69 Å². The number of rotatable bonds is 7. The Kier molecular flexibility index (Phi) is 7.43. The number of carbonyl (C=O) groups excluding carboxylic acids is 1. The van der Waals surface area contributed by atoms with E-state index in [1.807, 2.05) is 30.3 Å². The van der Waals surface area contributed by atoms with Gasteiger partial charge >= 0.3 is 5.97 Å². The molecular weight excluding hydrogens is 488 g/mol. The highest BCUT2D eigenvalue weighted by Crippen LogP contribution is 2.39. The number of nitrogens with zero attached hydrogens (tertiary/aromatic N) is 2. The lowest BCUT2D eigenvalue weighted by molar-refractivity contribution is -0.122. The number of thioether (sulfide) groups is 1. The zero-order valence-electron chi connectivity index (χ0n) is 18.9. The fourth-order valence-electron chi connectivity index (χ4n) is 3.40. The molecule has 1 saturated heterocycles. The number of halogens is 1. The molecule has 1 fully saturated rings. The number of ether oxygens (including phenoxy) is 2. The Bertz CT molecular complexity index is 1320. The maximum Gasteiger partial charge on any atom is 0.335 e. The summed E-state index contributed by atoms with van der Waals surface area (Å²) in [4.78, 5) is 31.3. The topological polar surface area (TPSA) is 88.4 Å². The number of aliphatic imine (C=N–C) groups is 1. The van der Waals surface area contributed by atoms with Crippen LogP contribution in [0.15, 0.2) is 76.6 Å². The average Bonchev–Trinajstić information content (AvgIpc) is 3.14. The van der Waals surface area contributed by atoms with Gasteiger partial charge in [0.15, 0.2) is 16.7 Å². The van der Waals surface area contributed by atoms with E-state index in [1.54, 1.807) is 35.2 Å². The molecule has 0 spiro atoms. The molecule has 35 heavy (non-hydrogen) atoms. The van der Waals surface area contributed by atoms with E-state index in [2.05, 4.69) is 4.99 Å². The molecule has 0 aromatic heterocycles. The Morgan fingerprint density at radius 1 is 1.06 bits per heavy atom. The molecule has 0 radical (unpaired) electrons. The van der Waals surface area contributed by atoms with Crippen LogP contribution in [0.25, 0.3) is 6.08 Å². The van der Waals surface area contributed by atoms with E-state index in [0.717, 1.165) is 5.56 Å². The Balaban J connectivity index is 1.71. The summed E-state index contributed by atoms with van der Waals surface area (Å²) in [5.74, 6) is -0.263. The van der Waals surface area contributed by atoms with E-state index in [0.29, 0.717) is 37.8 Å². The van der Waals surface area contributed by atoms with Crippen LogP contribution in [0.2, 0.25) is 5.02 Å². The normalized spacial score (nSPS) is 15.6. The first kappa shape index (κ1) is 24.4. The number of benzene rings is 3. The zero-order chi connectivity index (χ0) is 24.9. The summed E-state index contributed by atoms with van der Waals surface area (Å²) < 4.78 is 10.7. The van der Waals surface area contributed by atoms with E-state index < -0.39 is 5.97 Å². The lowest BCUT2D eigenvalue weighted by Gasteiger charge is -2.16. The van der Waals surface area contributed by atoms with Gasteiger partial charge < -0.3 is 14.6 Å². The van der Waals surface area contributed by atoms with Gasteiger partial charge in [0.25, 0.3) is 5.91 Å². The molecule has 3 aromatic carbocycles. The van der Waals surface area contributed by atoms with E-state index in [1.165, 1.54) is 38.1 Å². The van der Waals surface area contributed by atoms with Gasteiger partial charge in [-0.1, -0.05) is 41.9 Å². The second kappa shape index (κ2) is 10.7. The number of methoxy groups -OCH3 is 2. The Labute approximate surface area is 211 Å². The average molecular weight is 509 g/mol. The molecule has 4 rings (SSSR count). The monoisotopic (exact) mass is 508 g/mol. The van der Waals surface area contributed by atoms with E-state index >= 15 is 0 Å². The van der Waals surface area contributed by atoms with Crippen molar-refractivity contribution in [3.63, 3.8) is 0 Å². The molecule has 0 saturated carbocycles. The summed E-state index contributed by atoms with van der Waals surface area (Å²) >= 11 is 7.68. The van der Waals surface area contributed by atoms with Crippen molar-refractivity contribution in [1.29, 1.82) is 0 Å². The van der Waals surface area contributed by atoms with Crippen molar-refractivity contribution < 1.29 is 24.2 Å².